The van der Waals surface area contributed by atoms with Crippen molar-refractivity contribution in [3.8, 4) is 0 Å². The molecule has 0 saturated heterocycles. The Kier molecular flexibility index (Phi) is 3.38. The Morgan fingerprint density at radius 1 is 1.38 bits per heavy atom. The van der Waals surface area contributed by atoms with Crippen molar-refractivity contribution in [2.75, 3.05) is 0 Å². The molecular weight excluding hydrogens is 222 g/mol. The average Bonchev–Trinajstić information content (AvgIpc) is 3.08. The molecule has 1 aromatic carbocycles. The van der Waals surface area contributed by atoms with Crippen molar-refractivity contribution >= 4 is 17.4 Å². The summed E-state index contributed by atoms with van der Waals surface area (Å²) in [5.41, 5.74) is 3.57. The molecule has 0 heterocycles. The first-order chi connectivity index (χ1) is 7.74. The van der Waals surface area contributed by atoms with Crippen LogP contribution in [0.2, 0.25) is 0 Å². The zero-order valence-electron chi connectivity index (χ0n) is 8.90. The summed E-state index contributed by atoms with van der Waals surface area (Å²) in [6.45, 7) is 0.479. The number of hydrogen-bond acceptors (Lipinski definition) is 4. The number of hydrazine groups is 1. The van der Waals surface area contributed by atoms with Crippen LogP contribution in [0.15, 0.2) is 30.3 Å². The van der Waals surface area contributed by atoms with Crippen molar-refractivity contribution in [3.63, 3.8) is 0 Å². The van der Waals surface area contributed by atoms with Crippen LogP contribution in [-0.2, 0) is 11.3 Å². The van der Waals surface area contributed by atoms with Crippen LogP contribution in [0, 0.1) is 0 Å². The second-order valence-electron chi connectivity index (χ2n) is 3.91. The maximum absolute atomic E-state index is 5.43. The molecule has 1 aromatic rings. The highest BCUT2D eigenvalue weighted by Gasteiger charge is 2.42. The van der Waals surface area contributed by atoms with Gasteiger partial charge in [-0.05, 0) is 30.6 Å². The SMILES string of the molecule is NNC1(NC(=S)OCc2ccccc2)CC1. The first kappa shape index (κ1) is 11.3. The predicted octanol–water partition coefficient (Wildman–Crippen LogP) is 1.03. The van der Waals surface area contributed by atoms with Crippen LogP contribution in [0.4, 0.5) is 0 Å². The van der Waals surface area contributed by atoms with Gasteiger partial charge < -0.3 is 10.1 Å². The molecule has 1 aliphatic carbocycles. The van der Waals surface area contributed by atoms with Crippen molar-refractivity contribution in [1.29, 1.82) is 0 Å². The van der Waals surface area contributed by atoms with Gasteiger partial charge in [0, 0.05) is 0 Å². The molecule has 4 N–H and O–H groups in total. The summed E-state index contributed by atoms with van der Waals surface area (Å²) in [5, 5.41) is 3.45. The number of rotatable bonds is 4. The molecule has 4 nitrogen and oxygen atoms in total. The van der Waals surface area contributed by atoms with E-state index in [0.29, 0.717) is 11.8 Å². The molecule has 0 amide bonds. The van der Waals surface area contributed by atoms with Gasteiger partial charge in [-0.2, -0.15) is 0 Å². The largest absolute Gasteiger partial charge is 0.466 e. The van der Waals surface area contributed by atoms with Crippen LogP contribution in [0.1, 0.15) is 18.4 Å². The van der Waals surface area contributed by atoms with Crippen molar-refractivity contribution < 1.29 is 4.74 Å². The fourth-order valence-electron chi connectivity index (χ4n) is 1.38. The molecule has 1 saturated carbocycles. The normalized spacial score (nSPS) is 16.6. The second-order valence-corrected chi connectivity index (χ2v) is 4.28. The topological polar surface area (TPSA) is 59.3 Å². The number of nitrogens with one attached hydrogen (secondary N) is 2. The minimum Gasteiger partial charge on any atom is -0.466 e. The standard InChI is InChI=1S/C11H15N3OS/c12-14-11(6-7-11)13-10(16)15-8-9-4-2-1-3-5-9/h1-5,14H,6-8,12H2,(H,13,16). The van der Waals surface area contributed by atoms with E-state index in [-0.39, 0.29) is 5.66 Å². The highest BCUT2D eigenvalue weighted by molar-refractivity contribution is 7.80. The molecule has 16 heavy (non-hydrogen) atoms. The molecule has 0 radical (unpaired) electrons. The van der Waals surface area contributed by atoms with E-state index in [1.165, 1.54) is 0 Å². The van der Waals surface area contributed by atoms with Crippen LogP contribution in [-0.4, -0.2) is 10.8 Å². The highest BCUT2D eigenvalue weighted by atomic mass is 32.1. The van der Waals surface area contributed by atoms with Crippen molar-refractivity contribution in [2.24, 2.45) is 5.84 Å². The quantitative estimate of drug-likeness (QED) is 0.316. The van der Waals surface area contributed by atoms with Gasteiger partial charge in [0.25, 0.3) is 5.17 Å². The maximum atomic E-state index is 5.43. The van der Waals surface area contributed by atoms with Gasteiger partial charge in [-0.15, -0.1) is 0 Å². The van der Waals surface area contributed by atoms with Gasteiger partial charge in [-0.3, -0.25) is 5.84 Å². The number of ether oxygens (including phenoxy) is 1. The minimum absolute atomic E-state index is 0.228. The third-order valence-electron chi connectivity index (χ3n) is 2.58. The average molecular weight is 237 g/mol. The zero-order valence-corrected chi connectivity index (χ0v) is 9.72. The molecule has 0 bridgehead atoms. The fourth-order valence-corrected chi connectivity index (χ4v) is 1.64. The van der Waals surface area contributed by atoms with Crippen LogP contribution in [0.3, 0.4) is 0 Å². The smallest absolute Gasteiger partial charge is 0.258 e. The van der Waals surface area contributed by atoms with Crippen molar-refractivity contribution in [2.45, 2.75) is 25.1 Å². The monoisotopic (exact) mass is 237 g/mol. The molecular formula is C11H15N3OS. The summed E-state index contributed by atoms with van der Waals surface area (Å²) in [6, 6.07) is 9.91. The lowest BCUT2D eigenvalue weighted by atomic mass is 10.2. The van der Waals surface area contributed by atoms with Gasteiger partial charge in [-0.25, -0.2) is 5.43 Å². The first-order valence-corrected chi connectivity index (χ1v) is 5.62. The third-order valence-corrected chi connectivity index (χ3v) is 2.80. The fraction of sp³-hybridized carbons (Fsp3) is 0.364. The molecule has 1 fully saturated rings. The van der Waals surface area contributed by atoms with Crippen LogP contribution >= 0.6 is 12.2 Å². The number of benzene rings is 1. The third kappa shape index (κ3) is 2.91. The summed E-state index contributed by atoms with van der Waals surface area (Å²) in [4.78, 5) is 0. The van der Waals surface area contributed by atoms with Gasteiger partial charge in [0.2, 0.25) is 0 Å². The van der Waals surface area contributed by atoms with Crippen LogP contribution < -0.4 is 16.6 Å². The van der Waals surface area contributed by atoms with Gasteiger partial charge >= 0.3 is 0 Å². The predicted molar refractivity (Wildman–Crippen MR) is 66.3 cm³/mol. The molecule has 2 rings (SSSR count). The molecule has 0 aromatic heterocycles. The molecule has 0 unspecified atom stereocenters. The molecule has 86 valence electrons. The summed E-state index contributed by atoms with van der Waals surface area (Å²) >= 11 is 5.08. The van der Waals surface area contributed by atoms with E-state index >= 15 is 0 Å². The van der Waals surface area contributed by atoms with E-state index < -0.39 is 0 Å². The molecule has 1 aliphatic rings. The zero-order chi connectivity index (χ0) is 11.4. The lowest BCUT2D eigenvalue weighted by Crippen LogP contribution is -2.51. The van der Waals surface area contributed by atoms with Gasteiger partial charge in [0.05, 0.1) is 0 Å². The second kappa shape index (κ2) is 4.78. The van der Waals surface area contributed by atoms with Gasteiger partial charge in [-0.1, -0.05) is 30.3 Å². The summed E-state index contributed by atoms with van der Waals surface area (Å²) < 4.78 is 5.43. The molecule has 0 spiro atoms. The van der Waals surface area contributed by atoms with E-state index in [1.54, 1.807) is 0 Å². The van der Waals surface area contributed by atoms with Gasteiger partial charge in [0.1, 0.15) is 12.3 Å². The molecule has 0 aliphatic heterocycles. The summed E-state index contributed by atoms with van der Waals surface area (Å²) in [5.74, 6) is 5.40. The Morgan fingerprint density at radius 3 is 2.62 bits per heavy atom. The first-order valence-electron chi connectivity index (χ1n) is 5.21. The number of hydrogen-bond donors (Lipinski definition) is 3. The lowest BCUT2D eigenvalue weighted by Gasteiger charge is -2.18. The van der Waals surface area contributed by atoms with Crippen molar-refractivity contribution in [3.05, 3.63) is 35.9 Å². The van der Waals surface area contributed by atoms with E-state index in [1.807, 2.05) is 30.3 Å². The lowest BCUT2D eigenvalue weighted by molar-refractivity contribution is 0.274. The Balaban J connectivity index is 1.76. The van der Waals surface area contributed by atoms with E-state index in [0.717, 1.165) is 18.4 Å². The molecule has 0 atom stereocenters. The Hall–Kier alpha value is -1.17. The van der Waals surface area contributed by atoms with E-state index in [9.17, 15) is 0 Å². The van der Waals surface area contributed by atoms with E-state index in [2.05, 4.69) is 10.7 Å². The number of nitrogens with two attached hydrogens (primary N) is 1. The Labute approximate surface area is 100 Å². The Bertz CT molecular complexity index is 365. The minimum atomic E-state index is -0.228. The van der Waals surface area contributed by atoms with Gasteiger partial charge in [0.15, 0.2) is 0 Å². The number of thiocarbonyl (C=S) groups is 1. The van der Waals surface area contributed by atoms with Crippen LogP contribution in [0.25, 0.3) is 0 Å². The Morgan fingerprint density at radius 2 is 2.06 bits per heavy atom. The van der Waals surface area contributed by atoms with Crippen molar-refractivity contribution in [1.82, 2.24) is 10.7 Å². The van der Waals surface area contributed by atoms with Crippen LogP contribution in [0.5, 0.6) is 0 Å². The summed E-state index contributed by atoms with van der Waals surface area (Å²) in [7, 11) is 0. The van der Waals surface area contributed by atoms with E-state index in [4.69, 9.17) is 22.8 Å². The molecule has 5 heteroatoms. The maximum Gasteiger partial charge on any atom is 0.258 e. The summed E-state index contributed by atoms with van der Waals surface area (Å²) in [6.07, 6.45) is 1.94. The highest BCUT2D eigenvalue weighted by Crippen LogP contribution is 2.31.